The van der Waals surface area contributed by atoms with Gasteiger partial charge in [-0.25, -0.2) is 0 Å². The average molecular weight is 496 g/mol. The summed E-state index contributed by atoms with van der Waals surface area (Å²) in [7, 11) is 3.49. The van der Waals surface area contributed by atoms with E-state index in [1.54, 1.807) is 7.05 Å². The van der Waals surface area contributed by atoms with Gasteiger partial charge in [0.05, 0.1) is 13.2 Å². The molecule has 202 valence electrons. The molecule has 0 aliphatic carbocycles. The lowest BCUT2D eigenvalue weighted by atomic mass is 10.1. The van der Waals surface area contributed by atoms with Crippen molar-refractivity contribution in [2.24, 2.45) is 5.73 Å². The fraction of sp³-hybridized carbons (Fsp3) is 0.654. The summed E-state index contributed by atoms with van der Waals surface area (Å²) in [6.45, 7) is 12.2. The summed E-state index contributed by atoms with van der Waals surface area (Å²) in [5.74, 6) is -0.0935. The number of rotatable bonds is 17. The Balaban J connectivity index is 0. The van der Waals surface area contributed by atoms with E-state index in [-0.39, 0.29) is 11.9 Å². The number of carbonyl (C=O) groups excluding carboxylic acids is 3. The van der Waals surface area contributed by atoms with Crippen molar-refractivity contribution in [1.29, 1.82) is 0 Å². The number of amides is 1. The summed E-state index contributed by atoms with van der Waals surface area (Å²) in [6.07, 6.45) is 4.29. The molecule has 0 aliphatic heterocycles. The molecule has 0 aromatic heterocycles. The predicted octanol–water partition coefficient (Wildman–Crippen LogP) is 2.51. The summed E-state index contributed by atoms with van der Waals surface area (Å²) in [4.78, 5) is 34.3. The molecule has 0 saturated carbocycles. The number of nitrogens with one attached hydrogen (secondary N) is 3. The molecule has 0 bridgehead atoms. The topological polar surface area (TPSA) is 126 Å². The van der Waals surface area contributed by atoms with E-state index in [0.717, 1.165) is 49.0 Å². The molecule has 1 rings (SSSR count). The molecule has 5 N–H and O–H groups in total. The van der Waals surface area contributed by atoms with Crippen LogP contribution in [0.15, 0.2) is 18.2 Å². The minimum Gasteiger partial charge on any atom is -0.383 e. The second-order valence-electron chi connectivity index (χ2n) is 7.52. The maximum atomic E-state index is 12.2. The Kier molecular flexibility index (Phi) is 24.4. The number of aryl methyl sites for hydroxylation is 1. The first kappa shape index (κ1) is 34.7. The molecule has 0 radical (unpaired) electrons. The van der Waals surface area contributed by atoms with Crippen molar-refractivity contribution in [1.82, 2.24) is 10.6 Å². The summed E-state index contributed by atoms with van der Waals surface area (Å²) in [5.41, 5.74) is 8.43. The van der Waals surface area contributed by atoms with Gasteiger partial charge in [-0.3, -0.25) is 4.79 Å². The number of anilines is 2. The predicted molar refractivity (Wildman–Crippen MR) is 146 cm³/mol. The number of hydrogen-bond donors (Lipinski definition) is 4. The lowest BCUT2D eigenvalue weighted by Gasteiger charge is -2.30. The standard InChI is InChI=1S/C20H35N5O3.C4H8O.C2H6/c1-16-15-17(24-11-14-28-13-10-23-9-8-21)6-7-18(16)25(3)19(5-4-12-26)20(27)22-2;1-2-3-4-5;1-2/h6-7,12,15,19,23-24H,4-5,8-11,13-14,21H2,1-3H3,(H,22,27);4H,2-3H2,1H3;1-2H3. The van der Waals surface area contributed by atoms with Gasteiger partial charge in [-0.15, -0.1) is 0 Å². The summed E-state index contributed by atoms with van der Waals surface area (Å²) < 4.78 is 5.55. The zero-order chi connectivity index (χ0) is 26.9. The Bertz CT molecular complexity index is 673. The van der Waals surface area contributed by atoms with Crippen LogP contribution in [-0.2, 0) is 19.1 Å². The van der Waals surface area contributed by atoms with Crippen LogP contribution in [0.3, 0.4) is 0 Å². The molecule has 1 amide bonds. The summed E-state index contributed by atoms with van der Waals surface area (Å²) >= 11 is 0. The number of unbranched alkanes of at least 4 members (excludes halogenated alkanes) is 1. The largest absolute Gasteiger partial charge is 0.383 e. The van der Waals surface area contributed by atoms with Gasteiger partial charge in [0.2, 0.25) is 5.91 Å². The molecule has 1 atom stereocenters. The van der Waals surface area contributed by atoms with Gasteiger partial charge in [0.1, 0.15) is 18.6 Å². The molecule has 0 fully saturated rings. The minimum absolute atomic E-state index is 0.0935. The van der Waals surface area contributed by atoms with E-state index >= 15 is 0 Å². The van der Waals surface area contributed by atoms with E-state index in [2.05, 4.69) is 22.0 Å². The number of aldehydes is 2. The first-order chi connectivity index (χ1) is 17.0. The van der Waals surface area contributed by atoms with Crippen LogP contribution in [0, 0.1) is 6.92 Å². The Labute approximate surface area is 212 Å². The lowest BCUT2D eigenvalue weighted by molar-refractivity contribution is -0.122. The van der Waals surface area contributed by atoms with E-state index in [1.807, 2.05) is 51.8 Å². The molecular weight excluding hydrogens is 446 g/mol. The first-order valence-electron chi connectivity index (χ1n) is 12.6. The van der Waals surface area contributed by atoms with E-state index in [9.17, 15) is 14.4 Å². The maximum absolute atomic E-state index is 12.2. The van der Waals surface area contributed by atoms with Crippen molar-refractivity contribution in [2.45, 2.75) is 59.4 Å². The molecule has 1 aromatic carbocycles. The molecule has 0 spiro atoms. The average Bonchev–Trinajstić information content (AvgIpc) is 2.87. The number of ether oxygens (including phenoxy) is 1. The van der Waals surface area contributed by atoms with Gasteiger partial charge in [0, 0.05) is 64.5 Å². The highest BCUT2D eigenvalue weighted by Gasteiger charge is 2.23. The maximum Gasteiger partial charge on any atom is 0.242 e. The van der Waals surface area contributed by atoms with Crippen LogP contribution in [0.2, 0.25) is 0 Å². The third kappa shape index (κ3) is 16.7. The van der Waals surface area contributed by atoms with Gasteiger partial charge < -0.3 is 40.9 Å². The fourth-order valence-corrected chi connectivity index (χ4v) is 3.08. The quantitative estimate of drug-likeness (QED) is 0.192. The fourth-order valence-electron chi connectivity index (χ4n) is 3.08. The van der Waals surface area contributed by atoms with Crippen LogP contribution in [-0.4, -0.2) is 78.0 Å². The van der Waals surface area contributed by atoms with Crippen LogP contribution in [0.1, 0.15) is 52.0 Å². The van der Waals surface area contributed by atoms with Crippen LogP contribution in [0.5, 0.6) is 0 Å². The molecule has 1 unspecified atom stereocenters. The van der Waals surface area contributed by atoms with E-state index in [4.69, 9.17) is 10.5 Å². The molecule has 9 nitrogen and oxygen atoms in total. The number of carbonyl (C=O) groups is 3. The third-order valence-electron chi connectivity index (χ3n) is 4.88. The minimum atomic E-state index is -0.381. The number of hydrogen-bond acceptors (Lipinski definition) is 8. The van der Waals surface area contributed by atoms with Gasteiger partial charge in [0.15, 0.2) is 0 Å². The van der Waals surface area contributed by atoms with Crippen LogP contribution in [0.25, 0.3) is 0 Å². The second kappa shape index (κ2) is 24.6. The van der Waals surface area contributed by atoms with Crippen molar-refractivity contribution >= 4 is 29.9 Å². The third-order valence-corrected chi connectivity index (χ3v) is 4.88. The molecule has 9 heteroatoms. The van der Waals surface area contributed by atoms with Crippen LogP contribution >= 0.6 is 0 Å². The number of nitrogens with two attached hydrogens (primary N) is 1. The Morgan fingerprint density at radius 3 is 2.29 bits per heavy atom. The molecule has 1 aromatic rings. The first-order valence-corrected chi connectivity index (χ1v) is 12.6. The smallest absolute Gasteiger partial charge is 0.242 e. The highest BCUT2D eigenvalue weighted by molar-refractivity contribution is 5.85. The van der Waals surface area contributed by atoms with E-state index in [0.29, 0.717) is 45.6 Å². The second-order valence-corrected chi connectivity index (χ2v) is 7.52. The van der Waals surface area contributed by atoms with Gasteiger partial charge in [0.25, 0.3) is 0 Å². The van der Waals surface area contributed by atoms with Crippen molar-refractivity contribution in [3.8, 4) is 0 Å². The van der Waals surface area contributed by atoms with Crippen molar-refractivity contribution in [3.05, 3.63) is 23.8 Å². The monoisotopic (exact) mass is 495 g/mol. The van der Waals surface area contributed by atoms with Gasteiger partial charge in [-0.1, -0.05) is 20.8 Å². The zero-order valence-electron chi connectivity index (χ0n) is 22.7. The van der Waals surface area contributed by atoms with E-state index < -0.39 is 0 Å². The van der Waals surface area contributed by atoms with Crippen molar-refractivity contribution in [2.75, 3.05) is 63.7 Å². The van der Waals surface area contributed by atoms with Crippen molar-refractivity contribution < 1.29 is 19.1 Å². The van der Waals surface area contributed by atoms with Gasteiger partial charge in [-0.2, -0.15) is 0 Å². The van der Waals surface area contributed by atoms with Crippen LogP contribution in [0.4, 0.5) is 11.4 Å². The number of benzene rings is 1. The normalized spacial score (nSPS) is 10.6. The molecule has 0 heterocycles. The Morgan fingerprint density at radius 1 is 1.11 bits per heavy atom. The SMILES string of the molecule is CC.CCCC=O.CNC(=O)C(CCC=O)N(C)c1ccc(NCCOCCNCCN)cc1C. The van der Waals surface area contributed by atoms with Gasteiger partial charge in [-0.05, 0) is 43.5 Å². The number of likely N-dealkylation sites (N-methyl/N-ethyl adjacent to an activating group) is 2. The zero-order valence-corrected chi connectivity index (χ0v) is 22.7. The van der Waals surface area contributed by atoms with Crippen LogP contribution < -0.4 is 26.6 Å². The van der Waals surface area contributed by atoms with E-state index in [1.165, 1.54) is 0 Å². The molecule has 0 aliphatic rings. The van der Waals surface area contributed by atoms with Crippen molar-refractivity contribution in [3.63, 3.8) is 0 Å². The number of nitrogens with zero attached hydrogens (tertiary/aromatic N) is 1. The highest BCUT2D eigenvalue weighted by Crippen LogP contribution is 2.25. The molecular formula is C26H49N5O4. The Hall–Kier alpha value is -2.49. The summed E-state index contributed by atoms with van der Waals surface area (Å²) in [5, 5.41) is 9.20. The summed E-state index contributed by atoms with van der Waals surface area (Å²) in [6, 6.07) is 5.65. The van der Waals surface area contributed by atoms with Gasteiger partial charge >= 0.3 is 0 Å². The molecule has 0 saturated heterocycles. The molecule has 35 heavy (non-hydrogen) atoms. The highest BCUT2D eigenvalue weighted by atomic mass is 16.5. The lowest BCUT2D eigenvalue weighted by Crippen LogP contribution is -2.44. The Morgan fingerprint density at radius 2 is 1.77 bits per heavy atom.